The van der Waals surface area contributed by atoms with Gasteiger partial charge in [0.1, 0.15) is 5.82 Å². The van der Waals surface area contributed by atoms with Crippen molar-refractivity contribution in [3.05, 3.63) is 87.7 Å². The average Bonchev–Trinajstić information content (AvgIpc) is 2.80. The van der Waals surface area contributed by atoms with Crippen LogP contribution in [0.4, 0.5) is 4.39 Å². The van der Waals surface area contributed by atoms with Crippen molar-refractivity contribution in [2.24, 2.45) is 0 Å². The number of ether oxygens (including phenoxy) is 1. The van der Waals surface area contributed by atoms with Gasteiger partial charge in [0.15, 0.2) is 5.65 Å². The number of aromatic nitrogens is 3. The van der Waals surface area contributed by atoms with E-state index in [9.17, 15) is 4.39 Å². The fourth-order valence-electron chi connectivity index (χ4n) is 4.56. The van der Waals surface area contributed by atoms with Crippen LogP contribution >= 0.6 is 11.6 Å². The molecule has 6 heteroatoms. The Labute approximate surface area is 197 Å². The Hall–Kier alpha value is -2.89. The lowest BCUT2D eigenvalue weighted by Gasteiger charge is -2.30. The molecule has 5 rings (SSSR count). The van der Waals surface area contributed by atoms with E-state index in [0.29, 0.717) is 22.8 Å². The zero-order valence-electron chi connectivity index (χ0n) is 18.9. The van der Waals surface area contributed by atoms with Crippen molar-refractivity contribution in [2.75, 3.05) is 6.61 Å². The van der Waals surface area contributed by atoms with Gasteiger partial charge in [0.2, 0.25) is 0 Å². The van der Waals surface area contributed by atoms with Crippen LogP contribution in [-0.4, -0.2) is 21.6 Å². The third kappa shape index (κ3) is 4.35. The van der Waals surface area contributed by atoms with Gasteiger partial charge >= 0.3 is 0 Å². The summed E-state index contributed by atoms with van der Waals surface area (Å²) in [7, 11) is 0. The minimum absolute atomic E-state index is 0.0219. The van der Waals surface area contributed by atoms with Gasteiger partial charge in [-0.15, -0.1) is 0 Å². The summed E-state index contributed by atoms with van der Waals surface area (Å²) in [6, 6.07) is 13.0. The topological polar surface area (TPSA) is 47.9 Å². The summed E-state index contributed by atoms with van der Waals surface area (Å²) in [4.78, 5) is 14.0. The molecule has 0 amide bonds. The van der Waals surface area contributed by atoms with Crippen molar-refractivity contribution in [3.63, 3.8) is 0 Å². The molecule has 0 N–H and O–H groups in total. The lowest BCUT2D eigenvalue weighted by atomic mass is 9.87. The number of pyridine rings is 3. The molecule has 4 nitrogen and oxygen atoms in total. The second-order valence-corrected chi connectivity index (χ2v) is 9.23. The summed E-state index contributed by atoms with van der Waals surface area (Å²) >= 11 is 6.02. The van der Waals surface area contributed by atoms with Crippen LogP contribution in [0.15, 0.2) is 48.7 Å². The molecule has 168 valence electrons. The maximum absolute atomic E-state index is 15.0. The van der Waals surface area contributed by atoms with Gasteiger partial charge in [0.05, 0.1) is 6.10 Å². The van der Waals surface area contributed by atoms with E-state index in [1.54, 1.807) is 12.1 Å². The maximum atomic E-state index is 15.0. The summed E-state index contributed by atoms with van der Waals surface area (Å²) in [6.07, 6.45) is 3.45. The highest BCUT2D eigenvalue weighted by Crippen LogP contribution is 2.40. The van der Waals surface area contributed by atoms with Crippen LogP contribution < -0.4 is 0 Å². The monoisotopic (exact) mass is 461 g/mol. The molecule has 0 spiro atoms. The highest BCUT2D eigenvalue weighted by Gasteiger charge is 2.27. The van der Waals surface area contributed by atoms with Gasteiger partial charge in [-0.05, 0) is 92.8 Å². The van der Waals surface area contributed by atoms with Crippen LogP contribution in [0.3, 0.4) is 0 Å². The van der Waals surface area contributed by atoms with Crippen LogP contribution in [0, 0.1) is 26.6 Å². The van der Waals surface area contributed by atoms with E-state index in [-0.39, 0.29) is 17.8 Å². The van der Waals surface area contributed by atoms with Gasteiger partial charge in [-0.3, -0.25) is 4.98 Å². The lowest BCUT2D eigenvalue weighted by Crippen LogP contribution is -2.20. The van der Waals surface area contributed by atoms with E-state index >= 15 is 0 Å². The molecule has 4 aromatic rings. The Balaban J connectivity index is 1.62. The zero-order chi connectivity index (χ0) is 23.1. The largest absolute Gasteiger partial charge is 0.373 e. The Morgan fingerprint density at radius 3 is 2.64 bits per heavy atom. The first-order chi connectivity index (χ1) is 15.9. The minimum atomic E-state index is -0.351. The second-order valence-electron chi connectivity index (χ2n) is 8.79. The van der Waals surface area contributed by atoms with Crippen LogP contribution in [0.2, 0.25) is 5.02 Å². The maximum Gasteiger partial charge on any atom is 0.160 e. The van der Waals surface area contributed by atoms with Gasteiger partial charge in [-0.1, -0.05) is 11.6 Å². The average molecular weight is 462 g/mol. The molecule has 1 aliphatic heterocycles. The van der Waals surface area contributed by atoms with Crippen LogP contribution in [0.25, 0.3) is 22.2 Å². The Morgan fingerprint density at radius 2 is 1.85 bits per heavy atom. The fourth-order valence-corrected chi connectivity index (χ4v) is 4.72. The number of fused-ring (bicyclic) bond motifs is 1. The molecule has 1 saturated heterocycles. The number of hydrogen-bond acceptors (Lipinski definition) is 4. The molecule has 0 unspecified atom stereocenters. The van der Waals surface area contributed by atoms with E-state index in [1.807, 2.05) is 45.2 Å². The molecule has 0 bridgehead atoms. The summed E-state index contributed by atoms with van der Waals surface area (Å²) in [6.45, 7) is 6.61. The molecular formula is C27H25ClFN3O. The molecule has 1 fully saturated rings. The normalized spacial score (nSPS) is 18.6. The van der Waals surface area contributed by atoms with Crippen molar-refractivity contribution < 1.29 is 9.13 Å². The number of nitrogens with zero attached hydrogens (tertiary/aromatic N) is 3. The van der Waals surface area contributed by atoms with Crippen molar-refractivity contribution in [1.82, 2.24) is 15.0 Å². The van der Waals surface area contributed by atoms with Gasteiger partial charge in [-0.2, -0.15) is 0 Å². The molecule has 0 aliphatic carbocycles. The molecule has 0 saturated carbocycles. The molecular weight excluding hydrogens is 437 g/mol. The van der Waals surface area contributed by atoms with Crippen molar-refractivity contribution in [1.29, 1.82) is 0 Å². The predicted molar refractivity (Wildman–Crippen MR) is 129 cm³/mol. The first-order valence-electron chi connectivity index (χ1n) is 11.2. The molecule has 1 aromatic carbocycles. The van der Waals surface area contributed by atoms with Gasteiger partial charge < -0.3 is 4.74 Å². The van der Waals surface area contributed by atoms with Crippen LogP contribution in [-0.2, 0) is 4.74 Å². The van der Waals surface area contributed by atoms with E-state index in [4.69, 9.17) is 26.3 Å². The van der Waals surface area contributed by atoms with E-state index < -0.39 is 0 Å². The quantitative estimate of drug-likeness (QED) is 0.328. The van der Waals surface area contributed by atoms with Gasteiger partial charge in [0.25, 0.3) is 0 Å². The summed E-state index contributed by atoms with van der Waals surface area (Å²) in [5, 5.41) is 1.22. The van der Waals surface area contributed by atoms with Gasteiger partial charge in [0, 0.05) is 51.8 Å². The Kier molecular flexibility index (Phi) is 5.85. The number of aryl methyl sites for hydroxylation is 3. The second kappa shape index (κ2) is 8.81. The van der Waals surface area contributed by atoms with Crippen molar-refractivity contribution in [3.8, 4) is 11.1 Å². The highest BCUT2D eigenvalue weighted by atomic mass is 35.5. The Bertz CT molecular complexity index is 1360. The minimum Gasteiger partial charge on any atom is -0.373 e. The van der Waals surface area contributed by atoms with E-state index in [0.717, 1.165) is 52.0 Å². The third-order valence-corrected chi connectivity index (χ3v) is 6.71. The third-order valence-electron chi connectivity index (χ3n) is 6.48. The number of halogens is 2. The zero-order valence-corrected chi connectivity index (χ0v) is 19.7. The molecule has 1 aliphatic rings. The summed E-state index contributed by atoms with van der Waals surface area (Å²) < 4.78 is 21.1. The molecule has 3 aromatic heterocycles. The number of rotatable bonds is 3. The summed E-state index contributed by atoms with van der Waals surface area (Å²) in [5.74, 6) is -0.171. The van der Waals surface area contributed by atoms with E-state index in [1.165, 1.54) is 6.07 Å². The molecule has 33 heavy (non-hydrogen) atoms. The molecule has 4 heterocycles. The summed E-state index contributed by atoms with van der Waals surface area (Å²) in [5.41, 5.74) is 6.93. The van der Waals surface area contributed by atoms with Crippen molar-refractivity contribution in [2.45, 2.75) is 45.6 Å². The lowest BCUT2D eigenvalue weighted by molar-refractivity contribution is 0.00461. The first-order valence-corrected chi connectivity index (χ1v) is 11.6. The van der Waals surface area contributed by atoms with Gasteiger partial charge in [-0.25, -0.2) is 14.4 Å². The molecule has 2 atom stereocenters. The number of hydrogen-bond donors (Lipinski definition) is 0. The van der Waals surface area contributed by atoms with Crippen LogP contribution in [0.5, 0.6) is 0 Å². The first kappa shape index (κ1) is 21.9. The van der Waals surface area contributed by atoms with Crippen molar-refractivity contribution >= 4 is 22.6 Å². The highest BCUT2D eigenvalue weighted by molar-refractivity contribution is 6.30. The predicted octanol–water partition coefficient (Wildman–Crippen LogP) is 7.04. The fraction of sp³-hybridized carbons (Fsp3) is 0.296. The Morgan fingerprint density at radius 1 is 1.00 bits per heavy atom. The van der Waals surface area contributed by atoms with E-state index in [2.05, 4.69) is 11.1 Å². The number of benzene rings is 1. The standard InChI is InChI=1S/C27H25ClFN3O/c1-15-10-23-22(21-5-4-20(28)13-24(21)29)14-25(32-27(23)31-17(15)3)18-7-9-33-26(12-18)19-6-8-30-16(2)11-19/h4-6,8,10-11,13-14,18,26H,7,9,12H2,1-3H3/t18-,26-/m0/s1. The smallest absolute Gasteiger partial charge is 0.160 e. The SMILES string of the molecule is Cc1cc([C@@H]2C[C@@H](c3cc(-c4ccc(Cl)cc4F)c4cc(C)c(C)nc4n3)CCO2)ccn1. The van der Waals surface area contributed by atoms with Crippen LogP contribution in [0.1, 0.15) is 53.1 Å². The molecule has 0 radical (unpaired) electrons.